The third-order valence-electron chi connectivity index (χ3n) is 5.31. The van der Waals surface area contributed by atoms with Crippen molar-refractivity contribution in [2.24, 2.45) is 17.8 Å². The minimum absolute atomic E-state index is 0.132. The molecule has 4 atom stereocenters. The molecule has 0 amide bonds. The molecule has 2 aliphatic rings. The highest BCUT2D eigenvalue weighted by Gasteiger charge is 2.51. The van der Waals surface area contributed by atoms with Crippen molar-refractivity contribution in [1.29, 1.82) is 0 Å². The van der Waals surface area contributed by atoms with Crippen LogP contribution in [0.15, 0.2) is 18.2 Å². The molecule has 2 aliphatic carbocycles. The van der Waals surface area contributed by atoms with Crippen molar-refractivity contribution >= 4 is 11.6 Å². The lowest BCUT2D eigenvalue weighted by molar-refractivity contribution is -0.0892. The molecule has 0 aliphatic heterocycles. The van der Waals surface area contributed by atoms with E-state index in [9.17, 15) is 10.2 Å². The van der Waals surface area contributed by atoms with Gasteiger partial charge in [-0.25, -0.2) is 0 Å². The fraction of sp³-hybridized carbons (Fsp3) is 0.647. The fourth-order valence-electron chi connectivity index (χ4n) is 4.50. The Morgan fingerprint density at radius 3 is 2.71 bits per heavy atom. The average Bonchev–Trinajstić information content (AvgIpc) is 2.77. The minimum atomic E-state index is -0.878. The van der Waals surface area contributed by atoms with Crippen LogP contribution in [0.25, 0.3) is 0 Å². The number of hydrogen-bond donors (Lipinski definition) is 2. The minimum Gasteiger partial charge on any atom is -0.508 e. The van der Waals surface area contributed by atoms with Gasteiger partial charge in [-0.05, 0) is 69.0 Å². The summed E-state index contributed by atoms with van der Waals surface area (Å²) >= 11 is 6.09. The molecule has 21 heavy (non-hydrogen) atoms. The first-order valence-electron chi connectivity index (χ1n) is 7.75. The van der Waals surface area contributed by atoms with Gasteiger partial charge in [-0.1, -0.05) is 18.0 Å². The van der Waals surface area contributed by atoms with Crippen LogP contribution in [0.1, 0.15) is 31.2 Å². The van der Waals surface area contributed by atoms with E-state index in [0.717, 1.165) is 18.5 Å². The first-order chi connectivity index (χ1) is 9.88. The molecule has 3 nitrogen and oxygen atoms in total. The Hall–Kier alpha value is -0.770. The predicted octanol–water partition coefficient (Wildman–Crippen LogP) is 3.23. The number of fused-ring (bicyclic) bond motifs is 2. The zero-order chi connectivity index (χ0) is 15.2. The molecule has 2 fully saturated rings. The summed E-state index contributed by atoms with van der Waals surface area (Å²) < 4.78 is 0. The number of nitrogens with zero attached hydrogens (tertiary/aromatic N) is 1. The van der Waals surface area contributed by atoms with E-state index in [1.54, 1.807) is 6.07 Å². The third kappa shape index (κ3) is 2.79. The number of rotatable bonds is 3. The molecule has 0 spiro atoms. The van der Waals surface area contributed by atoms with Crippen molar-refractivity contribution < 1.29 is 10.2 Å². The summed E-state index contributed by atoms with van der Waals surface area (Å²) in [6.45, 7) is 0.862. The number of phenolic OH excluding ortho intramolecular Hbond substituents is 1. The quantitative estimate of drug-likeness (QED) is 0.901. The van der Waals surface area contributed by atoms with E-state index in [4.69, 9.17) is 11.6 Å². The molecule has 2 N–H and O–H groups in total. The molecule has 2 unspecified atom stereocenters. The molecule has 0 heterocycles. The Labute approximate surface area is 131 Å². The van der Waals surface area contributed by atoms with E-state index in [1.807, 2.05) is 6.07 Å². The van der Waals surface area contributed by atoms with Crippen molar-refractivity contribution in [2.75, 3.05) is 20.6 Å². The van der Waals surface area contributed by atoms with Gasteiger partial charge in [0.2, 0.25) is 0 Å². The highest BCUT2D eigenvalue weighted by Crippen LogP contribution is 2.54. The monoisotopic (exact) mass is 309 g/mol. The van der Waals surface area contributed by atoms with Gasteiger partial charge in [-0.2, -0.15) is 0 Å². The lowest BCUT2D eigenvalue weighted by Crippen LogP contribution is -2.47. The smallest absolute Gasteiger partial charge is 0.117 e. The second kappa shape index (κ2) is 5.45. The van der Waals surface area contributed by atoms with Gasteiger partial charge in [0, 0.05) is 17.5 Å². The van der Waals surface area contributed by atoms with Crippen molar-refractivity contribution in [1.82, 2.24) is 4.90 Å². The standard InChI is InChI=1S/C17H24ClNO2/c1-19(2)10-16-12-4-3-11(5-12)9-17(16,21)13-6-14(18)8-15(20)7-13/h6-8,11-12,16,20-21H,3-5,9-10H2,1-2H3/t11?,12?,16-,17-/m0/s1. The molecular formula is C17H24ClNO2. The Morgan fingerprint density at radius 1 is 1.29 bits per heavy atom. The topological polar surface area (TPSA) is 43.7 Å². The molecule has 4 heteroatoms. The van der Waals surface area contributed by atoms with Crippen LogP contribution in [0.3, 0.4) is 0 Å². The number of benzene rings is 1. The first kappa shape index (κ1) is 15.1. The molecule has 1 aromatic carbocycles. The Morgan fingerprint density at radius 2 is 2.05 bits per heavy atom. The number of aliphatic hydroxyl groups is 1. The first-order valence-corrected chi connectivity index (χ1v) is 8.13. The second-order valence-corrected chi connectivity index (χ2v) is 7.57. The molecule has 116 valence electrons. The molecule has 0 saturated heterocycles. The van der Waals surface area contributed by atoms with Crippen LogP contribution in [0.4, 0.5) is 0 Å². The van der Waals surface area contributed by atoms with Gasteiger partial charge in [0.15, 0.2) is 0 Å². The van der Waals surface area contributed by atoms with Crippen molar-refractivity contribution in [2.45, 2.75) is 31.3 Å². The maximum atomic E-state index is 11.5. The normalized spacial score (nSPS) is 35.4. The number of phenols is 1. The fourth-order valence-corrected chi connectivity index (χ4v) is 4.72. The summed E-state index contributed by atoms with van der Waals surface area (Å²) in [7, 11) is 4.10. The summed E-state index contributed by atoms with van der Waals surface area (Å²) in [5, 5.41) is 21.8. The van der Waals surface area contributed by atoms with E-state index in [2.05, 4.69) is 19.0 Å². The van der Waals surface area contributed by atoms with Crippen LogP contribution in [0, 0.1) is 17.8 Å². The highest BCUT2D eigenvalue weighted by molar-refractivity contribution is 6.30. The lowest BCUT2D eigenvalue weighted by Gasteiger charge is -2.45. The molecule has 0 aromatic heterocycles. The van der Waals surface area contributed by atoms with Gasteiger partial charge >= 0.3 is 0 Å². The van der Waals surface area contributed by atoms with Gasteiger partial charge in [0.1, 0.15) is 5.75 Å². The number of hydrogen-bond acceptors (Lipinski definition) is 3. The van der Waals surface area contributed by atoms with Gasteiger partial charge < -0.3 is 15.1 Å². The van der Waals surface area contributed by atoms with Gasteiger partial charge in [-0.3, -0.25) is 0 Å². The largest absolute Gasteiger partial charge is 0.508 e. The zero-order valence-corrected chi connectivity index (χ0v) is 13.5. The van der Waals surface area contributed by atoms with E-state index >= 15 is 0 Å². The van der Waals surface area contributed by atoms with Crippen LogP contribution < -0.4 is 0 Å². The van der Waals surface area contributed by atoms with Crippen LogP contribution in [-0.2, 0) is 5.60 Å². The van der Waals surface area contributed by atoms with E-state index < -0.39 is 5.60 Å². The maximum absolute atomic E-state index is 11.5. The molecule has 2 bridgehead atoms. The molecule has 1 aromatic rings. The SMILES string of the molecule is CN(C)C[C@H]1C2CCC(C2)C[C@]1(O)c1cc(O)cc(Cl)c1. The average molecular weight is 310 g/mol. The maximum Gasteiger partial charge on any atom is 0.117 e. The zero-order valence-electron chi connectivity index (χ0n) is 12.7. The van der Waals surface area contributed by atoms with Crippen molar-refractivity contribution in [3.8, 4) is 5.75 Å². The summed E-state index contributed by atoms with van der Waals surface area (Å²) in [4.78, 5) is 2.15. The van der Waals surface area contributed by atoms with Gasteiger partial charge in [0.05, 0.1) is 5.60 Å². The van der Waals surface area contributed by atoms with E-state index in [0.29, 0.717) is 16.9 Å². The Bertz CT molecular complexity index is 513. The van der Waals surface area contributed by atoms with E-state index in [-0.39, 0.29) is 11.7 Å². The molecular weight excluding hydrogens is 286 g/mol. The summed E-state index contributed by atoms with van der Waals surface area (Å²) in [6.07, 6.45) is 4.43. The van der Waals surface area contributed by atoms with Crippen LogP contribution in [0.5, 0.6) is 5.75 Å². The summed E-state index contributed by atoms with van der Waals surface area (Å²) in [6, 6.07) is 5.01. The second-order valence-electron chi connectivity index (χ2n) is 7.13. The van der Waals surface area contributed by atoms with Crippen LogP contribution in [-0.4, -0.2) is 35.8 Å². The van der Waals surface area contributed by atoms with Gasteiger partial charge in [-0.15, -0.1) is 0 Å². The van der Waals surface area contributed by atoms with Crippen molar-refractivity contribution in [3.63, 3.8) is 0 Å². The summed E-state index contributed by atoms with van der Waals surface area (Å²) in [5.74, 6) is 1.49. The molecule has 3 rings (SSSR count). The Kier molecular flexibility index (Phi) is 3.93. The molecule has 2 saturated carbocycles. The molecule has 0 radical (unpaired) electrons. The lowest BCUT2D eigenvalue weighted by atomic mass is 9.66. The number of halogens is 1. The third-order valence-corrected chi connectivity index (χ3v) is 5.53. The number of aromatic hydroxyl groups is 1. The van der Waals surface area contributed by atoms with E-state index in [1.165, 1.54) is 25.3 Å². The van der Waals surface area contributed by atoms with Crippen molar-refractivity contribution in [3.05, 3.63) is 28.8 Å². The van der Waals surface area contributed by atoms with Crippen LogP contribution in [0.2, 0.25) is 5.02 Å². The van der Waals surface area contributed by atoms with Gasteiger partial charge in [0.25, 0.3) is 0 Å². The van der Waals surface area contributed by atoms with Crippen LogP contribution >= 0.6 is 11.6 Å². The summed E-state index contributed by atoms with van der Waals surface area (Å²) in [5.41, 5.74) is -0.104. The highest BCUT2D eigenvalue weighted by atomic mass is 35.5. The predicted molar refractivity (Wildman–Crippen MR) is 84.5 cm³/mol. The Balaban J connectivity index is 2.02.